The van der Waals surface area contributed by atoms with Crippen molar-refractivity contribution in [1.29, 1.82) is 0 Å². The van der Waals surface area contributed by atoms with Crippen LogP contribution in [0.15, 0.2) is 0 Å². The van der Waals surface area contributed by atoms with E-state index in [9.17, 15) is 5.11 Å². The quantitative estimate of drug-likeness (QED) is 0.692. The fourth-order valence-electron chi connectivity index (χ4n) is 1.73. The third-order valence-electron chi connectivity index (χ3n) is 2.51. The summed E-state index contributed by atoms with van der Waals surface area (Å²) in [5.74, 6) is 0. The van der Waals surface area contributed by atoms with Gasteiger partial charge in [-0.3, -0.25) is 0 Å². The third-order valence-corrected chi connectivity index (χ3v) is 2.51. The maximum atomic E-state index is 9.33. The van der Waals surface area contributed by atoms with Crippen LogP contribution in [-0.4, -0.2) is 70.8 Å². The Labute approximate surface area is 101 Å². The van der Waals surface area contributed by atoms with Crippen molar-refractivity contribution in [2.75, 3.05) is 35.0 Å². The van der Waals surface area contributed by atoms with Crippen LogP contribution < -0.4 is 0 Å². The first-order chi connectivity index (χ1) is 9.73. The van der Waals surface area contributed by atoms with Crippen LogP contribution in [0.25, 0.3) is 0 Å². The Morgan fingerprint density at radius 1 is 1.00 bits per heavy atom. The molecule has 1 rings (SSSR count). The molecule has 0 saturated carbocycles. The highest BCUT2D eigenvalue weighted by atomic mass is 16.7. The van der Waals surface area contributed by atoms with E-state index in [1.165, 1.54) is 0 Å². The predicted octanol–water partition coefficient (Wildman–Crippen LogP) is -0.605. The smallest absolute Gasteiger partial charge is 0.186 e. The zero-order valence-electron chi connectivity index (χ0n) is 12.9. The van der Waals surface area contributed by atoms with E-state index in [4.69, 9.17) is 29.2 Å². The summed E-state index contributed by atoms with van der Waals surface area (Å²) in [5.41, 5.74) is 0. The SMILES string of the molecule is [2H]COC1O[C@H](CO)[C@@H](OC[2H])[C@H](OC[2H])[C@H]1OC[2H]. The molecule has 0 radical (unpaired) electrons. The molecule has 1 N–H and O–H groups in total. The van der Waals surface area contributed by atoms with Crippen LogP contribution in [0.1, 0.15) is 5.48 Å². The third kappa shape index (κ3) is 2.53. The lowest BCUT2D eigenvalue weighted by Crippen LogP contribution is -2.60. The standard InChI is InChI=1S/C10H20O6/c1-12-7-6(5-11)16-10(15-4)9(14-3)8(7)13-2/h6-11H,5H2,1-4H3/t6-,7-,8+,9-,10?/m1/s1/i1D,2D,3D,4D. The van der Waals surface area contributed by atoms with Crippen molar-refractivity contribution in [1.82, 2.24) is 0 Å². The van der Waals surface area contributed by atoms with Gasteiger partial charge in [0.25, 0.3) is 0 Å². The number of aliphatic hydroxyl groups is 1. The molecule has 0 bridgehead atoms. The molecule has 0 aliphatic carbocycles. The van der Waals surface area contributed by atoms with E-state index in [1.807, 2.05) is 0 Å². The molecule has 6 nitrogen and oxygen atoms in total. The lowest BCUT2D eigenvalue weighted by molar-refractivity contribution is -0.306. The highest BCUT2D eigenvalue weighted by Gasteiger charge is 2.46. The Hall–Kier alpha value is -0.240. The molecule has 6 heteroatoms. The van der Waals surface area contributed by atoms with Gasteiger partial charge in [-0.15, -0.1) is 0 Å². The van der Waals surface area contributed by atoms with Crippen molar-refractivity contribution in [2.45, 2.75) is 30.7 Å². The van der Waals surface area contributed by atoms with Gasteiger partial charge in [0.1, 0.15) is 24.4 Å². The number of methoxy groups -OCH3 is 4. The summed E-state index contributed by atoms with van der Waals surface area (Å²) in [6, 6.07) is 0. The Kier molecular flexibility index (Phi) is 3.56. The second-order valence-electron chi connectivity index (χ2n) is 3.29. The van der Waals surface area contributed by atoms with E-state index in [0.717, 1.165) is 0 Å². The molecule has 0 aromatic heterocycles. The molecule has 0 aromatic carbocycles. The maximum absolute atomic E-state index is 9.33. The largest absolute Gasteiger partial charge is 0.394 e. The number of aliphatic hydroxyl groups excluding tert-OH is 1. The molecule has 1 heterocycles. The van der Waals surface area contributed by atoms with Gasteiger partial charge in [0.2, 0.25) is 0 Å². The predicted molar refractivity (Wildman–Crippen MR) is 55.1 cm³/mol. The Balaban J connectivity index is 2.92. The maximum Gasteiger partial charge on any atom is 0.186 e. The molecular formula is C10H20O6. The first-order valence-corrected chi connectivity index (χ1v) is 4.63. The molecule has 5 atom stereocenters. The number of hydrogen-bond donors (Lipinski definition) is 1. The van der Waals surface area contributed by atoms with E-state index in [1.54, 1.807) is 0 Å². The first kappa shape index (κ1) is 8.79. The molecule has 16 heavy (non-hydrogen) atoms. The zero-order chi connectivity index (χ0) is 15.0. The number of rotatable bonds is 5. The first-order valence-electron chi connectivity index (χ1n) is 7.46. The summed E-state index contributed by atoms with van der Waals surface area (Å²) in [4.78, 5) is 0. The minimum atomic E-state index is -1.00. The highest BCUT2D eigenvalue weighted by molar-refractivity contribution is 4.91. The fourth-order valence-corrected chi connectivity index (χ4v) is 1.73. The average Bonchev–Trinajstić information content (AvgIpc) is 2.45. The van der Waals surface area contributed by atoms with Crippen LogP contribution in [-0.2, 0) is 23.7 Å². The Morgan fingerprint density at radius 2 is 1.62 bits per heavy atom. The van der Waals surface area contributed by atoms with Crippen molar-refractivity contribution >= 4 is 0 Å². The Bertz CT molecular complexity index is 262. The van der Waals surface area contributed by atoms with Gasteiger partial charge in [-0.25, -0.2) is 0 Å². The van der Waals surface area contributed by atoms with E-state index in [-0.39, 0.29) is 21.3 Å². The van der Waals surface area contributed by atoms with Crippen LogP contribution in [0.5, 0.6) is 0 Å². The van der Waals surface area contributed by atoms with E-state index >= 15 is 0 Å². The van der Waals surface area contributed by atoms with Crippen molar-refractivity contribution in [3.05, 3.63) is 0 Å². The monoisotopic (exact) mass is 240 g/mol. The van der Waals surface area contributed by atoms with Crippen molar-refractivity contribution in [2.24, 2.45) is 0 Å². The second kappa shape index (κ2) is 6.48. The summed E-state index contributed by atoms with van der Waals surface area (Å²) >= 11 is 0. The molecule has 1 aliphatic heterocycles. The van der Waals surface area contributed by atoms with Gasteiger partial charge in [-0.1, -0.05) is 0 Å². The average molecular weight is 240 g/mol. The molecule has 0 spiro atoms. The van der Waals surface area contributed by atoms with Gasteiger partial charge in [0, 0.05) is 28.3 Å². The Morgan fingerprint density at radius 3 is 2.25 bits per heavy atom. The molecular weight excluding hydrogens is 216 g/mol. The topological polar surface area (TPSA) is 66.4 Å². The van der Waals surface area contributed by atoms with Crippen molar-refractivity contribution in [3.63, 3.8) is 0 Å². The summed E-state index contributed by atoms with van der Waals surface area (Å²) in [6.45, 7) is -0.395. The van der Waals surface area contributed by atoms with Crippen LogP contribution in [0, 0.1) is 0 Å². The molecule has 1 unspecified atom stereocenters. The van der Waals surface area contributed by atoms with Crippen LogP contribution in [0.2, 0.25) is 0 Å². The van der Waals surface area contributed by atoms with E-state index in [0.29, 0.717) is 0 Å². The minimum Gasteiger partial charge on any atom is -0.394 e. The van der Waals surface area contributed by atoms with Crippen LogP contribution in [0.3, 0.4) is 0 Å². The minimum absolute atomic E-state index is 0.375. The summed E-state index contributed by atoms with van der Waals surface area (Å²) in [5, 5.41) is 9.33. The van der Waals surface area contributed by atoms with Crippen molar-refractivity contribution < 1.29 is 34.3 Å². The van der Waals surface area contributed by atoms with Crippen LogP contribution >= 0.6 is 0 Å². The van der Waals surface area contributed by atoms with Gasteiger partial charge in [-0.2, -0.15) is 0 Å². The van der Waals surface area contributed by atoms with Crippen molar-refractivity contribution in [3.8, 4) is 0 Å². The molecule has 1 fully saturated rings. The lowest BCUT2D eigenvalue weighted by Gasteiger charge is -2.43. The molecule has 0 aromatic rings. The van der Waals surface area contributed by atoms with Gasteiger partial charge in [-0.05, 0) is 0 Å². The van der Waals surface area contributed by atoms with Gasteiger partial charge < -0.3 is 28.8 Å². The van der Waals surface area contributed by atoms with Gasteiger partial charge in [0.15, 0.2) is 6.29 Å². The van der Waals surface area contributed by atoms with E-state index < -0.39 is 44.4 Å². The molecule has 0 amide bonds. The normalized spacial score (nSPS) is 43.2. The summed E-state index contributed by atoms with van der Waals surface area (Å²) < 4.78 is 54.6. The molecule has 1 saturated heterocycles. The zero-order valence-corrected chi connectivity index (χ0v) is 8.91. The number of hydrogen-bond acceptors (Lipinski definition) is 6. The second-order valence-corrected chi connectivity index (χ2v) is 3.29. The highest BCUT2D eigenvalue weighted by Crippen LogP contribution is 2.27. The van der Waals surface area contributed by atoms with Gasteiger partial charge >= 0.3 is 0 Å². The summed E-state index contributed by atoms with van der Waals surface area (Å²) in [6.07, 6.45) is -4.34. The molecule has 1 aliphatic rings. The van der Waals surface area contributed by atoms with Crippen LogP contribution in [0.4, 0.5) is 0 Å². The number of ether oxygens (including phenoxy) is 5. The fraction of sp³-hybridized carbons (Fsp3) is 1.00. The van der Waals surface area contributed by atoms with E-state index in [2.05, 4.69) is 0 Å². The van der Waals surface area contributed by atoms with Gasteiger partial charge in [0.05, 0.1) is 12.1 Å². The lowest BCUT2D eigenvalue weighted by atomic mass is 9.98. The summed E-state index contributed by atoms with van der Waals surface area (Å²) in [7, 11) is -1.54. The molecule has 96 valence electrons.